The van der Waals surface area contributed by atoms with Gasteiger partial charge in [-0.25, -0.2) is 13.2 Å². The molecule has 0 amide bonds. The summed E-state index contributed by atoms with van der Waals surface area (Å²) in [5.41, 5.74) is 1.29. The highest BCUT2D eigenvalue weighted by Gasteiger charge is 2.26. The zero-order valence-corrected chi connectivity index (χ0v) is 17.5. The van der Waals surface area contributed by atoms with Crippen molar-refractivity contribution in [3.63, 3.8) is 0 Å². The third-order valence-electron chi connectivity index (χ3n) is 4.21. The van der Waals surface area contributed by atoms with Crippen molar-refractivity contribution in [2.24, 2.45) is 0 Å². The Morgan fingerprint density at radius 3 is 2.69 bits per heavy atom. The molecule has 10 heteroatoms. The molecule has 0 bridgehead atoms. The molecule has 0 spiro atoms. The number of benzene rings is 2. The van der Waals surface area contributed by atoms with Gasteiger partial charge in [0.05, 0.1) is 24.1 Å². The number of methoxy groups -OCH3 is 1. The van der Waals surface area contributed by atoms with E-state index in [-0.39, 0.29) is 22.9 Å². The minimum Gasteiger partial charge on any atom is -0.465 e. The summed E-state index contributed by atoms with van der Waals surface area (Å²) in [6.07, 6.45) is 0. The first-order valence-electron chi connectivity index (χ1n) is 8.46. The first-order chi connectivity index (χ1) is 13.7. The van der Waals surface area contributed by atoms with E-state index >= 15 is 0 Å². The fourth-order valence-corrected chi connectivity index (χ4v) is 4.19. The van der Waals surface area contributed by atoms with Crippen molar-refractivity contribution in [1.82, 2.24) is 14.4 Å². The number of carbonyl (C=O) groups excluding carboxylic acids is 1. The molecule has 29 heavy (non-hydrogen) atoms. The van der Waals surface area contributed by atoms with Crippen LogP contribution in [0.25, 0.3) is 11.4 Å². The lowest BCUT2D eigenvalue weighted by Gasteiger charge is -2.17. The van der Waals surface area contributed by atoms with Crippen LogP contribution in [0.4, 0.5) is 0 Å². The van der Waals surface area contributed by atoms with E-state index in [9.17, 15) is 13.2 Å². The van der Waals surface area contributed by atoms with E-state index in [1.165, 1.54) is 26.3 Å². The van der Waals surface area contributed by atoms with Crippen molar-refractivity contribution in [3.05, 3.63) is 64.5 Å². The maximum atomic E-state index is 13.0. The van der Waals surface area contributed by atoms with Crippen LogP contribution < -0.4 is 0 Å². The van der Waals surface area contributed by atoms with Gasteiger partial charge in [0, 0.05) is 17.6 Å². The molecular weight excluding hydrogens is 418 g/mol. The normalized spacial score (nSPS) is 11.6. The van der Waals surface area contributed by atoms with Gasteiger partial charge >= 0.3 is 5.97 Å². The Hall–Kier alpha value is -2.75. The first kappa shape index (κ1) is 21.0. The molecule has 0 fully saturated rings. The maximum absolute atomic E-state index is 13.0. The molecule has 2 aromatic carbocycles. The van der Waals surface area contributed by atoms with Crippen LogP contribution in [-0.2, 0) is 21.3 Å². The number of ether oxygens (including phenoxy) is 1. The standard InChI is InChI=1S/C19H18ClN3O5S/c1-12-7-8-14(19(24)27-3)10-16(12)29(25,26)23(2)11-17-21-18(22-28-17)13-5-4-6-15(20)9-13/h4-10H,11H2,1-3H3. The summed E-state index contributed by atoms with van der Waals surface area (Å²) in [6, 6.07) is 11.3. The van der Waals surface area contributed by atoms with Crippen LogP contribution in [-0.4, -0.2) is 43.0 Å². The first-order valence-corrected chi connectivity index (χ1v) is 10.3. The number of esters is 1. The minimum atomic E-state index is -3.92. The summed E-state index contributed by atoms with van der Waals surface area (Å²) in [5.74, 6) is -0.197. The number of hydrogen-bond donors (Lipinski definition) is 0. The monoisotopic (exact) mass is 435 g/mol. The second-order valence-corrected chi connectivity index (χ2v) is 8.70. The highest BCUT2D eigenvalue weighted by molar-refractivity contribution is 7.89. The average Bonchev–Trinajstić information content (AvgIpc) is 3.16. The Labute approximate surface area is 173 Å². The number of hydrogen-bond acceptors (Lipinski definition) is 7. The highest BCUT2D eigenvalue weighted by atomic mass is 35.5. The predicted molar refractivity (Wildman–Crippen MR) is 106 cm³/mol. The Balaban J connectivity index is 1.85. The molecule has 0 radical (unpaired) electrons. The average molecular weight is 436 g/mol. The molecule has 0 unspecified atom stereocenters. The fourth-order valence-electron chi connectivity index (χ4n) is 2.63. The van der Waals surface area contributed by atoms with Crippen molar-refractivity contribution in [1.29, 1.82) is 0 Å². The largest absolute Gasteiger partial charge is 0.465 e. The number of rotatable bonds is 6. The van der Waals surface area contributed by atoms with Gasteiger partial charge in [-0.1, -0.05) is 35.0 Å². The van der Waals surface area contributed by atoms with Crippen LogP contribution in [0.15, 0.2) is 51.9 Å². The summed E-state index contributed by atoms with van der Waals surface area (Å²) in [5, 5.41) is 4.40. The Bertz CT molecular complexity index is 1160. The molecule has 0 aliphatic carbocycles. The third kappa shape index (κ3) is 4.47. The van der Waals surface area contributed by atoms with E-state index in [0.29, 0.717) is 22.0 Å². The topological polar surface area (TPSA) is 103 Å². The SMILES string of the molecule is COC(=O)c1ccc(C)c(S(=O)(=O)N(C)Cc2nc(-c3cccc(Cl)c3)no2)c1. The molecule has 1 heterocycles. The van der Waals surface area contributed by atoms with Gasteiger partial charge in [0.15, 0.2) is 0 Å². The van der Waals surface area contributed by atoms with Crippen molar-refractivity contribution in [3.8, 4) is 11.4 Å². The summed E-state index contributed by atoms with van der Waals surface area (Å²) in [7, 11) is -1.29. The number of carbonyl (C=O) groups is 1. The molecule has 0 N–H and O–H groups in total. The zero-order chi connectivity index (χ0) is 21.2. The van der Waals surface area contributed by atoms with Crippen molar-refractivity contribution < 1.29 is 22.5 Å². The van der Waals surface area contributed by atoms with Gasteiger partial charge in [0.1, 0.15) is 0 Å². The van der Waals surface area contributed by atoms with Gasteiger partial charge in [-0.2, -0.15) is 9.29 Å². The van der Waals surface area contributed by atoms with Gasteiger partial charge in [-0.05, 0) is 36.8 Å². The van der Waals surface area contributed by atoms with Crippen LogP contribution in [0.3, 0.4) is 0 Å². The van der Waals surface area contributed by atoms with Gasteiger partial charge in [0.25, 0.3) is 0 Å². The fraction of sp³-hybridized carbons (Fsp3) is 0.211. The van der Waals surface area contributed by atoms with Gasteiger partial charge in [-0.3, -0.25) is 0 Å². The van der Waals surface area contributed by atoms with E-state index in [1.807, 2.05) is 0 Å². The van der Waals surface area contributed by atoms with Crippen molar-refractivity contribution >= 4 is 27.6 Å². The van der Waals surface area contributed by atoms with Gasteiger partial charge in [-0.15, -0.1) is 0 Å². The van der Waals surface area contributed by atoms with Gasteiger partial charge < -0.3 is 9.26 Å². The van der Waals surface area contributed by atoms with Crippen LogP contribution in [0, 0.1) is 6.92 Å². The Morgan fingerprint density at radius 1 is 1.24 bits per heavy atom. The van der Waals surface area contributed by atoms with Gasteiger partial charge in [0.2, 0.25) is 21.7 Å². The number of halogens is 1. The van der Waals surface area contributed by atoms with E-state index in [2.05, 4.69) is 14.9 Å². The van der Waals surface area contributed by atoms with Crippen LogP contribution in [0.5, 0.6) is 0 Å². The molecule has 3 rings (SSSR count). The molecule has 0 saturated heterocycles. The molecule has 3 aromatic rings. The van der Waals surface area contributed by atoms with E-state index in [0.717, 1.165) is 4.31 Å². The molecule has 0 aliphatic rings. The second-order valence-electron chi connectivity index (χ2n) is 6.26. The van der Waals surface area contributed by atoms with E-state index in [4.69, 9.17) is 16.1 Å². The highest BCUT2D eigenvalue weighted by Crippen LogP contribution is 2.24. The molecule has 1 aromatic heterocycles. The molecule has 8 nitrogen and oxygen atoms in total. The Kier molecular flexibility index (Phi) is 6.02. The lowest BCUT2D eigenvalue weighted by Crippen LogP contribution is -2.27. The number of aryl methyl sites for hydroxylation is 1. The number of sulfonamides is 1. The van der Waals surface area contributed by atoms with Crippen LogP contribution >= 0.6 is 11.6 Å². The quantitative estimate of drug-likeness (QED) is 0.547. The van der Waals surface area contributed by atoms with E-state index in [1.54, 1.807) is 37.3 Å². The van der Waals surface area contributed by atoms with Crippen molar-refractivity contribution in [2.75, 3.05) is 14.2 Å². The summed E-state index contributed by atoms with van der Waals surface area (Å²) < 4.78 is 36.9. The third-order valence-corrected chi connectivity index (χ3v) is 6.39. The zero-order valence-electron chi connectivity index (χ0n) is 15.9. The molecule has 0 atom stereocenters. The summed E-state index contributed by atoms with van der Waals surface area (Å²) in [4.78, 5) is 16.0. The Morgan fingerprint density at radius 2 is 2.00 bits per heavy atom. The molecule has 0 aliphatic heterocycles. The summed E-state index contributed by atoms with van der Waals surface area (Å²) in [6.45, 7) is 1.50. The maximum Gasteiger partial charge on any atom is 0.337 e. The lowest BCUT2D eigenvalue weighted by atomic mass is 10.1. The predicted octanol–water partition coefficient (Wildman–Crippen LogP) is 3.31. The minimum absolute atomic E-state index is 0.00233. The number of nitrogens with zero attached hydrogens (tertiary/aromatic N) is 3. The molecule has 152 valence electrons. The van der Waals surface area contributed by atoms with Crippen LogP contribution in [0.2, 0.25) is 5.02 Å². The van der Waals surface area contributed by atoms with E-state index < -0.39 is 16.0 Å². The smallest absolute Gasteiger partial charge is 0.337 e. The second kappa shape index (κ2) is 8.32. The summed E-state index contributed by atoms with van der Waals surface area (Å²) >= 11 is 5.97. The van der Waals surface area contributed by atoms with Crippen LogP contribution in [0.1, 0.15) is 21.8 Å². The number of aromatic nitrogens is 2. The lowest BCUT2D eigenvalue weighted by molar-refractivity contribution is 0.0600. The molecule has 0 saturated carbocycles. The van der Waals surface area contributed by atoms with Crippen molar-refractivity contribution in [2.45, 2.75) is 18.4 Å². The molecular formula is C19H18ClN3O5S.